The molecule has 5 heteroatoms. The zero-order valence-electron chi connectivity index (χ0n) is 9.58. The number of hydrogen-bond acceptors (Lipinski definition) is 4. The minimum absolute atomic E-state index is 0.399. The Bertz CT molecular complexity index is 594. The van der Waals surface area contributed by atoms with Crippen molar-refractivity contribution in [1.82, 2.24) is 15.0 Å². The second-order valence-electron chi connectivity index (χ2n) is 4.39. The lowest BCUT2D eigenvalue weighted by Crippen LogP contribution is -2.22. The molecule has 18 heavy (non-hydrogen) atoms. The average Bonchev–Trinajstić information content (AvgIpc) is 3.21. The first kappa shape index (κ1) is 10.8. The van der Waals surface area contributed by atoms with Crippen LogP contribution in [0.15, 0.2) is 36.8 Å². The molecule has 3 rings (SSSR count). The third kappa shape index (κ3) is 1.64. The Morgan fingerprint density at radius 3 is 2.72 bits per heavy atom. The predicted molar refractivity (Wildman–Crippen MR) is 63.8 cm³/mol. The molecule has 1 fully saturated rings. The number of rotatable bonds is 3. The summed E-state index contributed by atoms with van der Waals surface area (Å²) in [6.45, 7) is 0. The number of pyridine rings is 1. The number of nitrogens with zero attached hydrogens (tertiary/aromatic N) is 3. The van der Waals surface area contributed by atoms with Gasteiger partial charge in [-0.3, -0.25) is 9.78 Å². The van der Waals surface area contributed by atoms with Gasteiger partial charge in [-0.25, -0.2) is 9.97 Å². The van der Waals surface area contributed by atoms with Gasteiger partial charge in [0.05, 0.1) is 5.69 Å². The van der Waals surface area contributed by atoms with Crippen LogP contribution in [-0.4, -0.2) is 26.0 Å². The standard InChI is InChI=1S/C13H11N3O2/c17-12(18)13(4-5-13)11-15-7-3-10(16-11)9-2-1-6-14-8-9/h1-3,6-8H,4-5H2,(H,17,18). The molecule has 0 saturated heterocycles. The molecular formula is C13H11N3O2. The average molecular weight is 241 g/mol. The van der Waals surface area contributed by atoms with E-state index in [1.54, 1.807) is 24.7 Å². The zero-order chi connectivity index (χ0) is 12.6. The first-order chi connectivity index (χ1) is 8.72. The molecule has 1 aliphatic carbocycles. The fraction of sp³-hybridized carbons (Fsp3) is 0.231. The van der Waals surface area contributed by atoms with Crippen molar-refractivity contribution in [1.29, 1.82) is 0 Å². The highest BCUT2D eigenvalue weighted by Crippen LogP contribution is 2.46. The van der Waals surface area contributed by atoms with Crippen molar-refractivity contribution in [3.8, 4) is 11.3 Å². The van der Waals surface area contributed by atoms with E-state index in [9.17, 15) is 9.90 Å². The van der Waals surface area contributed by atoms with Gasteiger partial charge in [0.1, 0.15) is 11.2 Å². The van der Waals surface area contributed by atoms with Crippen molar-refractivity contribution in [2.24, 2.45) is 0 Å². The molecule has 2 heterocycles. The van der Waals surface area contributed by atoms with Gasteiger partial charge in [-0.2, -0.15) is 0 Å². The van der Waals surface area contributed by atoms with Crippen LogP contribution in [0, 0.1) is 0 Å². The number of carbonyl (C=O) groups is 1. The highest BCUT2D eigenvalue weighted by atomic mass is 16.4. The molecule has 2 aromatic heterocycles. The summed E-state index contributed by atoms with van der Waals surface area (Å²) in [6, 6.07) is 5.47. The van der Waals surface area contributed by atoms with E-state index in [4.69, 9.17) is 0 Å². The Hall–Kier alpha value is -2.30. The van der Waals surface area contributed by atoms with Crippen LogP contribution >= 0.6 is 0 Å². The Morgan fingerprint density at radius 2 is 2.11 bits per heavy atom. The molecule has 5 nitrogen and oxygen atoms in total. The van der Waals surface area contributed by atoms with Crippen molar-refractivity contribution in [2.45, 2.75) is 18.3 Å². The predicted octanol–water partition coefficient (Wildman–Crippen LogP) is 1.65. The zero-order valence-corrected chi connectivity index (χ0v) is 9.58. The van der Waals surface area contributed by atoms with Gasteiger partial charge in [-0.05, 0) is 31.0 Å². The summed E-state index contributed by atoms with van der Waals surface area (Å²) in [5.74, 6) is -0.442. The van der Waals surface area contributed by atoms with Gasteiger partial charge in [-0.15, -0.1) is 0 Å². The van der Waals surface area contributed by atoms with E-state index in [0.717, 1.165) is 5.56 Å². The number of carboxylic acid groups (broad SMARTS) is 1. The van der Waals surface area contributed by atoms with E-state index < -0.39 is 11.4 Å². The van der Waals surface area contributed by atoms with Crippen LogP contribution in [0.1, 0.15) is 18.7 Å². The van der Waals surface area contributed by atoms with E-state index in [1.165, 1.54) is 0 Å². The molecule has 0 aliphatic heterocycles. The number of carboxylic acids is 1. The second kappa shape index (κ2) is 3.87. The molecule has 90 valence electrons. The fourth-order valence-corrected chi connectivity index (χ4v) is 1.92. The maximum Gasteiger partial charge on any atom is 0.317 e. The highest BCUT2D eigenvalue weighted by molar-refractivity contribution is 5.83. The normalized spacial score (nSPS) is 16.2. The third-order valence-electron chi connectivity index (χ3n) is 3.20. The fourth-order valence-electron chi connectivity index (χ4n) is 1.92. The molecule has 2 aromatic rings. The lowest BCUT2D eigenvalue weighted by Gasteiger charge is -2.09. The summed E-state index contributed by atoms with van der Waals surface area (Å²) in [7, 11) is 0. The summed E-state index contributed by atoms with van der Waals surface area (Å²) in [4.78, 5) is 23.7. The SMILES string of the molecule is O=C(O)C1(c2nccc(-c3cccnc3)n2)CC1. The quantitative estimate of drug-likeness (QED) is 0.884. The lowest BCUT2D eigenvalue weighted by atomic mass is 10.1. The summed E-state index contributed by atoms with van der Waals surface area (Å²) in [6.07, 6.45) is 6.21. The smallest absolute Gasteiger partial charge is 0.317 e. The number of aromatic nitrogens is 3. The van der Waals surface area contributed by atoms with Crippen LogP contribution in [0.25, 0.3) is 11.3 Å². The maximum atomic E-state index is 11.2. The van der Waals surface area contributed by atoms with Crippen molar-refractivity contribution < 1.29 is 9.90 Å². The van der Waals surface area contributed by atoms with Crippen LogP contribution in [0.5, 0.6) is 0 Å². The van der Waals surface area contributed by atoms with Crippen LogP contribution < -0.4 is 0 Å². The van der Waals surface area contributed by atoms with E-state index in [0.29, 0.717) is 24.4 Å². The van der Waals surface area contributed by atoms with Crippen LogP contribution in [0.4, 0.5) is 0 Å². The molecule has 1 N–H and O–H groups in total. The molecule has 1 saturated carbocycles. The molecule has 0 aromatic carbocycles. The Balaban J connectivity index is 2.03. The molecule has 0 spiro atoms. The van der Waals surface area contributed by atoms with Crippen LogP contribution in [0.3, 0.4) is 0 Å². The van der Waals surface area contributed by atoms with Gasteiger partial charge < -0.3 is 5.11 Å². The van der Waals surface area contributed by atoms with E-state index in [2.05, 4.69) is 15.0 Å². The molecular weight excluding hydrogens is 230 g/mol. The van der Waals surface area contributed by atoms with Crippen molar-refractivity contribution >= 4 is 5.97 Å². The molecule has 0 amide bonds. The Morgan fingerprint density at radius 1 is 1.28 bits per heavy atom. The number of hydrogen-bond donors (Lipinski definition) is 1. The van der Waals surface area contributed by atoms with Gasteiger partial charge in [0.25, 0.3) is 0 Å². The van der Waals surface area contributed by atoms with Gasteiger partial charge in [-0.1, -0.05) is 0 Å². The summed E-state index contributed by atoms with van der Waals surface area (Å²) >= 11 is 0. The molecule has 0 unspecified atom stereocenters. The summed E-state index contributed by atoms with van der Waals surface area (Å²) in [5, 5.41) is 9.23. The Kier molecular flexibility index (Phi) is 2.33. The highest BCUT2D eigenvalue weighted by Gasteiger charge is 2.54. The van der Waals surface area contributed by atoms with Gasteiger partial charge in [0.15, 0.2) is 0 Å². The van der Waals surface area contributed by atoms with E-state index in [-0.39, 0.29) is 0 Å². The van der Waals surface area contributed by atoms with Crippen LogP contribution in [0.2, 0.25) is 0 Å². The van der Waals surface area contributed by atoms with Gasteiger partial charge >= 0.3 is 5.97 Å². The first-order valence-corrected chi connectivity index (χ1v) is 5.70. The summed E-state index contributed by atoms with van der Waals surface area (Å²) in [5.41, 5.74) is 0.709. The van der Waals surface area contributed by atoms with Crippen molar-refractivity contribution in [2.75, 3.05) is 0 Å². The molecule has 1 aliphatic rings. The second-order valence-corrected chi connectivity index (χ2v) is 4.39. The minimum Gasteiger partial charge on any atom is -0.480 e. The van der Waals surface area contributed by atoms with Gasteiger partial charge in [0.2, 0.25) is 0 Å². The van der Waals surface area contributed by atoms with E-state index >= 15 is 0 Å². The third-order valence-corrected chi connectivity index (χ3v) is 3.20. The Labute approximate surface area is 104 Å². The monoisotopic (exact) mass is 241 g/mol. The van der Waals surface area contributed by atoms with Crippen molar-refractivity contribution in [3.05, 3.63) is 42.6 Å². The van der Waals surface area contributed by atoms with Crippen LogP contribution in [-0.2, 0) is 10.2 Å². The van der Waals surface area contributed by atoms with Crippen molar-refractivity contribution in [3.63, 3.8) is 0 Å². The first-order valence-electron chi connectivity index (χ1n) is 5.70. The lowest BCUT2D eigenvalue weighted by molar-refractivity contribution is -0.140. The number of aliphatic carboxylic acids is 1. The van der Waals surface area contributed by atoms with E-state index in [1.807, 2.05) is 12.1 Å². The van der Waals surface area contributed by atoms with Gasteiger partial charge in [0, 0.05) is 24.2 Å². The molecule has 0 radical (unpaired) electrons. The molecule has 0 bridgehead atoms. The largest absolute Gasteiger partial charge is 0.480 e. The summed E-state index contributed by atoms with van der Waals surface area (Å²) < 4.78 is 0. The molecule has 0 atom stereocenters. The minimum atomic E-state index is -0.863. The maximum absolute atomic E-state index is 11.2. The topological polar surface area (TPSA) is 76.0 Å².